The lowest BCUT2D eigenvalue weighted by molar-refractivity contribution is 0.577. The molecule has 2 N–H and O–H groups in total. The third-order valence-electron chi connectivity index (χ3n) is 2.44. The molecule has 0 bridgehead atoms. The molecule has 0 unspecified atom stereocenters. The highest BCUT2D eigenvalue weighted by Crippen LogP contribution is 2.13. The maximum Gasteiger partial charge on any atom is 0.240 e. The van der Waals surface area contributed by atoms with E-state index in [1.807, 2.05) is 0 Å². The van der Waals surface area contributed by atoms with Gasteiger partial charge in [-0.3, -0.25) is 0 Å². The van der Waals surface area contributed by atoms with Crippen molar-refractivity contribution in [3.05, 3.63) is 24.3 Å². The molecule has 0 radical (unpaired) electrons. The van der Waals surface area contributed by atoms with E-state index in [2.05, 4.69) is 10.0 Å². The number of hydrogen-bond donors (Lipinski definition) is 2. The fourth-order valence-electron chi connectivity index (χ4n) is 1.42. The van der Waals surface area contributed by atoms with E-state index in [4.69, 9.17) is 0 Å². The molecule has 0 saturated heterocycles. The van der Waals surface area contributed by atoms with Crippen molar-refractivity contribution < 1.29 is 16.8 Å². The molecule has 0 aliphatic heterocycles. The van der Waals surface area contributed by atoms with Crippen LogP contribution in [0.2, 0.25) is 0 Å². The van der Waals surface area contributed by atoms with Gasteiger partial charge in [-0.25, -0.2) is 21.6 Å². The monoisotopic (exact) mass is 306 g/mol. The first-order valence-electron chi connectivity index (χ1n) is 5.70. The van der Waals surface area contributed by atoms with Gasteiger partial charge >= 0.3 is 0 Å². The first-order valence-corrected chi connectivity index (χ1v) is 9.24. The van der Waals surface area contributed by atoms with E-state index in [-0.39, 0.29) is 23.6 Å². The van der Waals surface area contributed by atoms with Gasteiger partial charge in [0.25, 0.3) is 0 Å². The van der Waals surface area contributed by atoms with E-state index in [0.717, 1.165) is 11.9 Å². The SMILES string of the molecule is CNc1ccc(S(=O)(=O)NCCCS(C)(=O)=O)cc1. The van der Waals surface area contributed by atoms with Crippen molar-refractivity contribution in [2.24, 2.45) is 0 Å². The van der Waals surface area contributed by atoms with Gasteiger partial charge in [-0.1, -0.05) is 0 Å². The smallest absolute Gasteiger partial charge is 0.240 e. The minimum absolute atomic E-state index is 0.0335. The first kappa shape index (κ1) is 15.9. The largest absolute Gasteiger partial charge is 0.388 e. The standard InChI is InChI=1S/C11H18N2O4S2/c1-12-10-4-6-11(7-5-10)19(16,17)13-8-3-9-18(2,14)15/h4-7,12-13H,3,8-9H2,1-2H3. The number of sulfone groups is 1. The van der Waals surface area contributed by atoms with E-state index in [0.29, 0.717) is 0 Å². The summed E-state index contributed by atoms with van der Waals surface area (Å²) >= 11 is 0. The first-order chi connectivity index (χ1) is 8.74. The summed E-state index contributed by atoms with van der Waals surface area (Å²) in [5, 5.41) is 2.89. The number of sulfonamides is 1. The van der Waals surface area contributed by atoms with Gasteiger partial charge in [0.1, 0.15) is 9.84 Å². The molecule has 0 aliphatic carbocycles. The quantitative estimate of drug-likeness (QED) is 0.713. The third kappa shape index (κ3) is 5.58. The van der Waals surface area contributed by atoms with Crippen LogP contribution in [-0.4, -0.2) is 42.4 Å². The van der Waals surface area contributed by atoms with Crippen LogP contribution in [0.5, 0.6) is 0 Å². The van der Waals surface area contributed by atoms with Crippen molar-refractivity contribution in [2.45, 2.75) is 11.3 Å². The van der Waals surface area contributed by atoms with Gasteiger partial charge in [-0.05, 0) is 30.7 Å². The highest BCUT2D eigenvalue weighted by atomic mass is 32.2. The molecule has 0 fully saturated rings. The predicted molar refractivity (Wildman–Crippen MR) is 75.5 cm³/mol. The Hall–Kier alpha value is -1.12. The molecule has 0 heterocycles. The van der Waals surface area contributed by atoms with E-state index >= 15 is 0 Å². The number of benzene rings is 1. The van der Waals surface area contributed by atoms with Gasteiger partial charge in [0.05, 0.1) is 10.6 Å². The number of hydrogen-bond acceptors (Lipinski definition) is 5. The molecule has 0 saturated carbocycles. The van der Waals surface area contributed by atoms with Crippen LogP contribution in [-0.2, 0) is 19.9 Å². The second kappa shape index (κ2) is 6.36. The minimum Gasteiger partial charge on any atom is -0.388 e. The zero-order chi connectivity index (χ0) is 14.5. The van der Waals surface area contributed by atoms with Gasteiger partial charge in [0.15, 0.2) is 0 Å². The number of nitrogens with one attached hydrogen (secondary N) is 2. The molecule has 0 atom stereocenters. The fourth-order valence-corrected chi connectivity index (χ4v) is 3.17. The molecular formula is C11H18N2O4S2. The molecule has 1 aromatic rings. The molecule has 8 heteroatoms. The minimum atomic E-state index is -3.58. The summed E-state index contributed by atoms with van der Waals surface area (Å²) in [6.45, 7) is 0.100. The average molecular weight is 306 g/mol. The zero-order valence-electron chi connectivity index (χ0n) is 10.9. The third-order valence-corrected chi connectivity index (χ3v) is 4.94. The van der Waals surface area contributed by atoms with E-state index in [1.165, 1.54) is 12.1 Å². The molecule has 0 aliphatic rings. The van der Waals surface area contributed by atoms with Crippen molar-refractivity contribution in [3.8, 4) is 0 Å². The average Bonchev–Trinajstić information content (AvgIpc) is 2.34. The van der Waals surface area contributed by atoms with Gasteiger partial charge in [-0.2, -0.15) is 0 Å². The Morgan fingerprint density at radius 1 is 1.05 bits per heavy atom. The molecule has 1 aromatic carbocycles. The van der Waals surface area contributed by atoms with Gasteiger partial charge in [0, 0.05) is 25.5 Å². The van der Waals surface area contributed by atoms with Crippen molar-refractivity contribution in [3.63, 3.8) is 0 Å². The van der Waals surface area contributed by atoms with Gasteiger partial charge in [0.2, 0.25) is 10.0 Å². The Balaban J connectivity index is 2.60. The Kier molecular flexibility index (Phi) is 5.33. The summed E-state index contributed by atoms with van der Waals surface area (Å²) in [5.41, 5.74) is 0.816. The van der Waals surface area contributed by atoms with Gasteiger partial charge in [-0.15, -0.1) is 0 Å². The zero-order valence-corrected chi connectivity index (χ0v) is 12.5. The highest BCUT2D eigenvalue weighted by molar-refractivity contribution is 7.90. The number of anilines is 1. The van der Waals surface area contributed by atoms with Crippen LogP contribution in [0.3, 0.4) is 0 Å². The van der Waals surface area contributed by atoms with Crippen LogP contribution in [0.4, 0.5) is 5.69 Å². The summed E-state index contributed by atoms with van der Waals surface area (Å²) in [7, 11) is -4.89. The van der Waals surface area contributed by atoms with Crippen LogP contribution in [0.25, 0.3) is 0 Å². The summed E-state index contributed by atoms with van der Waals surface area (Å²) in [6.07, 6.45) is 1.38. The molecule has 108 valence electrons. The Morgan fingerprint density at radius 2 is 1.63 bits per heavy atom. The molecule has 0 amide bonds. The normalized spacial score (nSPS) is 12.3. The lowest BCUT2D eigenvalue weighted by atomic mass is 10.3. The van der Waals surface area contributed by atoms with Crippen molar-refractivity contribution in [1.82, 2.24) is 4.72 Å². The molecule has 6 nitrogen and oxygen atoms in total. The van der Waals surface area contributed by atoms with Crippen LogP contribution in [0, 0.1) is 0 Å². The molecule has 0 aromatic heterocycles. The maximum atomic E-state index is 11.9. The summed E-state index contributed by atoms with van der Waals surface area (Å²) in [6, 6.07) is 6.30. The van der Waals surface area contributed by atoms with Crippen LogP contribution in [0.15, 0.2) is 29.2 Å². The van der Waals surface area contributed by atoms with Crippen LogP contribution >= 0.6 is 0 Å². The predicted octanol–water partition coefficient (Wildman–Crippen LogP) is 0.441. The van der Waals surface area contributed by atoms with Crippen LogP contribution in [0.1, 0.15) is 6.42 Å². The summed E-state index contributed by atoms with van der Waals surface area (Å²) in [4.78, 5) is 0.158. The Labute approximate surface area is 114 Å². The second-order valence-corrected chi connectivity index (χ2v) is 8.18. The van der Waals surface area contributed by atoms with E-state index in [9.17, 15) is 16.8 Å². The molecular weight excluding hydrogens is 288 g/mol. The van der Waals surface area contributed by atoms with E-state index < -0.39 is 19.9 Å². The summed E-state index contributed by atoms with van der Waals surface area (Å²) < 4.78 is 47.9. The Morgan fingerprint density at radius 3 is 2.11 bits per heavy atom. The topological polar surface area (TPSA) is 92.3 Å². The number of rotatable bonds is 7. The lowest BCUT2D eigenvalue weighted by Crippen LogP contribution is -2.26. The lowest BCUT2D eigenvalue weighted by Gasteiger charge is -2.07. The van der Waals surface area contributed by atoms with Crippen molar-refractivity contribution in [1.29, 1.82) is 0 Å². The Bertz CT molecular complexity index is 607. The maximum absolute atomic E-state index is 11.9. The molecule has 1 rings (SSSR count). The second-order valence-electron chi connectivity index (χ2n) is 4.16. The van der Waals surface area contributed by atoms with Crippen LogP contribution < -0.4 is 10.0 Å². The van der Waals surface area contributed by atoms with Gasteiger partial charge < -0.3 is 5.32 Å². The molecule has 0 spiro atoms. The van der Waals surface area contributed by atoms with Crippen molar-refractivity contribution >= 4 is 25.5 Å². The van der Waals surface area contributed by atoms with E-state index in [1.54, 1.807) is 19.2 Å². The fraction of sp³-hybridized carbons (Fsp3) is 0.455. The van der Waals surface area contributed by atoms with Crippen molar-refractivity contribution in [2.75, 3.05) is 30.9 Å². The molecule has 19 heavy (non-hydrogen) atoms. The highest BCUT2D eigenvalue weighted by Gasteiger charge is 2.13. The summed E-state index contributed by atoms with van der Waals surface area (Å²) in [5.74, 6) is -0.0335.